The molecule has 0 fully saturated rings. The molecule has 0 radical (unpaired) electrons. The van der Waals surface area contributed by atoms with Crippen molar-refractivity contribution in [2.24, 2.45) is 0 Å². The second-order valence-electron chi connectivity index (χ2n) is 5.42. The molecule has 0 aliphatic carbocycles. The van der Waals surface area contributed by atoms with E-state index >= 15 is 0 Å². The van der Waals surface area contributed by atoms with E-state index in [1.807, 2.05) is 6.20 Å². The van der Waals surface area contributed by atoms with Crippen LogP contribution in [0.3, 0.4) is 0 Å². The molecule has 0 amide bonds. The molecule has 19 heavy (non-hydrogen) atoms. The predicted octanol–water partition coefficient (Wildman–Crippen LogP) is 3.20. The number of unbranched alkanes of at least 4 members (excludes halogenated alkanes) is 1. The summed E-state index contributed by atoms with van der Waals surface area (Å²) in [5.41, 5.74) is 2.43. The minimum absolute atomic E-state index is 0.518. The monoisotopic (exact) mass is 263 g/mol. The Labute approximate surface area is 118 Å². The maximum Gasteiger partial charge on any atom is 0.0544 e. The minimum Gasteiger partial charge on any atom is -0.310 e. The zero-order valence-corrected chi connectivity index (χ0v) is 12.9. The molecule has 0 aliphatic heterocycles. The van der Waals surface area contributed by atoms with Crippen LogP contribution in [0.25, 0.3) is 0 Å². The van der Waals surface area contributed by atoms with Gasteiger partial charge in [0.25, 0.3) is 0 Å². The number of aromatic nitrogens is 1. The summed E-state index contributed by atoms with van der Waals surface area (Å²) < 4.78 is 0. The predicted molar refractivity (Wildman–Crippen MR) is 82.1 cm³/mol. The second kappa shape index (κ2) is 9.05. The van der Waals surface area contributed by atoms with Crippen LogP contribution < -0.4 is 5.32 Å². The Morgan fingerprint density at radius 3 is 2.58 bits per heavy atom. The number of hydrogen-bond acceptors (Lipinski definition) is 3. The Bertz CT molecular complexity index is 332. The first-order chi connectivity index (χ1) is 9.15. The molecule has 108 valence electrons. The molecule has 1 heterocycles. The molecular weight excluding hydrogens is 234 g/mol. The van der Waals surface area contributed by atoms with E-state index in [0.717, 1.165) is 19.6 Å². The highest BCUT2D eigenvalue weighted by molar-refractivity contribution is 5.14. The first-order valence-electron chi connectivity index (χ1n) is 7.55. The summed E-state index contributed by atoms with van der Waals surface area (Å²) in [6, 6.07) is 4.86. The SMILES string of the molecule is CCCCN(CC)Cc1ccc(CNC(C)C)cn1. The van der Waals surface area contributed by atoms with Gasteiger partial charge in [-0.3, -0.25) is 9.88 Å². The van der Waals surface area contributed by atoms with Crippen molar-refractivity contribution in [3.8, 4) is 0 Å². The fraction of sp³-hybridized carbons (Fsp3) is 0.688. The van der Waals surface area contributed by atoms with Gasteiger partial charge in [0.05, 0.1) is 5.69 Å². The fourth-order valence-electron chi connectivity index (χ4n) is 1.93. The number of hydrogen-bond donors (Lipinski definition) is 1. The zero-order chi connectivity index (χ0) is 14.1. The van der Waals surface area contributed by atoms with Crippen molar-refractivity contribution in [1.29, 1.82) is 0 Å². The second-order valence-corrected chi connectivity index (χ2v) is 5.42. The minimum atomic E-state index is 0.518. The summed E-state index contributed by atoms with van der Waals surface area (Å²) >= 11 is 0. The van der Waals surface area contributed by atoms with Gasteiger partial charge in [-0.15, -0.1) is 0 Å². The summed E-state index contributed by atoms with van der Waals surface area (Å²) in [6.07, 6.45) is 4.52. The molecule has 0 saturated heterocycles. The number of rotatable bonds is 9. The molecule has 0 spiro atoms. The van der Waals surface area contributed by atoms with Gasteiger partial charge >= 0.3 is 0 Å². The van der Waals surface area contributed by atoms with Crippen LogP contribution in [0.15, 0.2) is 18.3 Å². The van der Waals surface area contributed by atoms with Gasteiger partial charge in [-0.25, -0.2) is 0 Å². The summed E-state index contributed by atoms with van der Waals surface area (Å²) in [7, 11) is 0. The lowest BCUT2D eigenvalue weighted by Gasteiger charge is -2.19. The summed E-state index contributed by atoms with van der Waals surface area (Å²) in [5.74, 6) is 0. The Morgan fingerprint density at radius 1 is 1.26 bits per heavy atom. The van der Waals surface area contributed by atoms with Crippen LogP contribution in [0.2, 0.25) is 0 Å². The Morgan fingerprint density at radius 2 is 2.05 bits per heavy atom. The number of nitrogens with zero attached hydrogens (tertiary/aromatic N) is 2. The van der Waals surface area contributed by atoms with Gasteiger partial charge in [-0.2, -0.15) is 0 Å². The Balaban J connectivity index is 2.46. The summed E-state index contributed by atoms with van der Waals surface area (Å²) in [4.78, 5) is 7.03. The van der Waals surface area contributed by atoms with Crippen LogP contribution in [0, 0.1) is 0 Å². The Hall–Kier alpha value is -0.930. The van der Waals surface area contributed by atoms with Crippen LogP contribution in [0.4, 0.5) is 0 Å². The molecule has 0 aliphatic rings. The van der Waals surface area contributed by atoms with Gasteiger partial charge in [-0.1, -0.05) is 40.2 Å². The van der Waals surface area contributed by atoms with E-state index in [2.05, 4.69) is 55.0 Å². The molecular formula is C16H29N3. The highest BCUT2D eigenvalue weighted by atomic mass is 15.1. The lowest BCUT2D eigenvalue weighted by atomic mass is 10.2. The molecule has 1 aromatic rings. The molecule has 0 atom stereocenters. The number of nitrogens with one attached hydrogen (secondary N) is 1. The van der Waals surface area contributed by atoms with E-state index in [4.69, 9.17) is 0 Å². The van der Waals surface area contributed by atoms with Crippen LogP contribution in [0.5, 0.6) is 0 Å². The van der Waals surface area contributed by atoms with Crippen molar-refractivity contribution in [2.75, 3.05) is 13.1 Å². The summed E-state index contributed by atoms with van der Waals surface area (Å²) in [5, 5.41) is 3.41. The van der Waals surface area contributed by atoms with Crippen molar-refractivity contribution >= 4 is 0 Å². The normalized spacial score (nSPS) is 11.5. The standard InChI is InChI=1S/C16H29N3/c1-5-7-10-19(6-2)13-16-9-8-15(12-18-16)11-17-14(3)4/h8-9,12,14,17H,5-7,10-11,13H2,1-4H3. The highest BCUT2D eigenvalue weighted by Gasteiger charge is 2.04. The van der Waals surface area contributed by atoms with Gasteiger partial charge in [0.1, 0.15) is 0 Å². The van der Waals surface area contributed by atoms with E-state index in [9.17, 15) is 0 Å². The van der Waals surface area contributed by atoms with Gasteiger partial charge in [-0.05, 0) is 31.1 Å². The lowest BCUT2D eigenvalue weighted by Crippen LogP contribution is -2.24. The van der Waals surface area contributed by atoms with Crippen molar-refractivity contribution in [3.05, 3.63) is 29.6 Å². The van der Waals surface area contributed by atoms with Crippen molar-refractivity contribution < 1.29 is 0 Å². The molecule has 1 aromatic heterocycles. The lowest BCUT2D eigenvalue weighted by molar-refractivity contribution is 0.272. The van der Waals surface area contributed by atoms with Crippen molar-refractivity contribution in [1.82, 2.24) is 15.2 Å². The maximum atomic E-state index is 4.57. The van der Waals surface area contributed by atoms with Crippen molar-refractivity contribution in [2.45, 2.75) is 59.7 Å². The number of pyridine rings is 1. The fourth-order valence-corrected chi connectivity index (χ4v) is 1.93. The van der Waals surface area contributed by atoms with E-state index in [1.54, 1.807) is 0 Å². The zero-order valence-electron chi connectivity index (χ0n) is 12.9. The third-order valence-electron chi connectivity index (χ3n) is 3.26. The van der Waals surface area contributed by atoms with Crippen molar-refractivity contribution in [3.63, 3.8) is 0 Å². The highest BCUT2D eigenvalue weighted by Crippen LogP contribution is 2.05. The van der Waals surface area contributed by atoms with Gasteiger partial charge in [0.15, 0.2) is 0 Å². The van der Waals surface area contributed by atoms with Crippen LogP contribution in [-0.2, 0) is 13.1 Å². The molecule has 1 N–H and O–H groups in total. The van der Waals surface area contributed by atoms with E-state index in [0.29, 0.717) is 6.04 Å². The Kier molecular flexibility index (Phi) is 7.68. The third kappa shape index (κ3) is 6.69. The van der Waals surface area contributed by atoms with Gasteiger partial charge in [0, 0.05) is 25.3 Å². The summed E-state index contributed by atoms with van der Waals surface area (Å²) in [6.45, 7) is 12.9. The maximum absolute atomic E-state index is 4.57. The molecule has 0 aromatic carbocycles. The third-order valence-corrected chi connectivity index (χ3v) is 3.26. The van der Waals surface area contributed by atoms with Crippen LogP contribution in [0.1, 0.15) is 51.8 Å². The molecule has 1 rings (SSSR count). The molecule has 3 heteroatoms. The smallest absolute Gasteiger partial charge is 0.0544 e. The first-order valence-corrected chi connectivity index (χ1v) is 7.55. The quantitative estimate of drug-likeness (QED) is 0.741. The van der Waals surface area contributed by atoms with E-state index in [-0.39, 0.29) is 0 Å². The average Bonchev–Trinajstić information content (AvgIpc) is 2.42. The molecule has 0 bridgehead atoms. The van der Waals surface area contributed by atoms with Gasteiger partial charge in [0.2, 0.25) is 0 Å². The van der Waals surface area contributed by atoms with E-state index < -0.39 is 0 Å². The van der Waals surface area contributed by atoms with E-state index in [1.165, 1.54) is 30.6 Å². The van der Waals surface area contributed by atoms with Gasteiger partial charge < -0.3 is 5.32 Å². The molecule has 0 saturated carbocycles. The molecule has 0 unspecified atom stereocenters. The largest absolute Gasteiger partial charge is 0.310 e. The average molecular weight is 263 g/mol. The molecule has 3 nitrogen and oxygen atoms in total. The van der Waals surface area contributed by atoms with Crippen LogP contribution in [-0.4, -0.2) is 29.0 Å². The topological polar surface area (TPSA) is 28.2 Å². The first kappa shape index (κ1) is 16.1. The van der Waals surface area contributed by atoms with Crippen LogP contribution >= 0.6 is 0 Å².